The summed E-state index contributed by atoms with van der Waals surface area (Å²) in [6.45, 7) is 0.490. The average Bonchev–Trinajstić information content (AvgIpc) is 2.91. The summed E-state index contributed by atoms with van der Waals surface area (Å²) in [5.74, 6) is 5.33. The largest absolute Gasteiger partial charge is 0.329 e. The van der Waals surface area contributed by atoms with Gasteiger partial charge in [0.2, 0.25) is 0 Å². The van der Waals surface area contributed by atoms with Crippen molar-refractivity contribution in [1.82, 2.24) is 15.0 Å². The number of imidazole rings is 1. The number of benzene rings is 2. The Balaban J connectivity index is 1.96. The third kappa shape index (κ3) is 2.83. The van der Waals surface area contributed by atoms with Crippen LogP contribution < -0.4 is 11.3 Å². The van der Waals surface area contributed by atoms with Gasteiger partial charge in [0.1, 0.15) is 5.82 Å². The van der Waals surface area contributed by atoms with Gasteiger partial charge in [-0.05, 0) is 30.3 Å². The minimum Gasteiger partial charge on any atom is -0.329 e. The van der Waals surface area contributed by atoms with E-state index in [2.05, 4.69) is 26.3 Å². The number of nitrogens with zero attached hydrogens (tertiary/aromatic N) is 2. The van der Waals surface area contributed by atoms with Crippen LogP contribution in [0.1, 0.15) is 11.6 Å². The highest BCUT2D eigenvalue weighted by Crippen LogP contribution is 2.24. The van der Waals surface area contributed by atoms with Crippen LogP contribution in [0.2, 0.25) is 0 Å². The second-order valence-electron chi connectivity index (χ2n) is 4.77. The van der Waals surface area contributed by atoms with E-state index in [1.807, 2.05) is 28.8 Å². The normalized spacial score (nSPS) is 12.7. The van der Waals surface area contributed by atoms with Crippen LogP contribution in [0.5, 0.6) is 0 Å². The quantitative estimate of drug-likeness (QED) is 0.562. The first kappa shape index (κ1) is 14.2. The Labute approximate surface area is 129 Å². The summed E-state index contributed by atoms with van der Waals surface area (Å²) in [6, 6.07) is 12.3. The molecule has 0 fully saturated rings. The summed E-state index contributed by atoms with van der Waals surface area (Å²) >= 11 is 3.36. The van der Waals surface area contributed by atoms with Gasteiger partial charge < -0.3 is 4.57 Å². The van der Waals surface area contributed by atoms with Gasteiger partial charge in [0.05, 0.1) is 23.4 Å². The number of rotatable bonds is 4. The second-order valence-corrected chi connectivity index (χ2v) is 5.69. The molecular formula is C15H14BrFN4. The first-order chi connectivity index (χ1) is 10.2. The maximum absolute atomic E-state index is 14.0. The van der Waals surface area contributed by atoms with Gasteiger partial charge in [-0.1, -0.05) is 28.1 Å². The standard InChI is InChI=1S/C15H14BrFN4/c16-10-5-6-12(17)11(7-10)14(20-18)8-21-9-19-13-3-1-2-4-15(13)21/h1-7,9,14,20H,8,18H2. The molecule has 3 aromatic rings. The summed E-state index contributed by atoms with van der Waals surface area (Å²) in [5.41, 5.74) is 5.10. The van der Waals surface area contributed by atoms with Crippen LogP contribution in [0.4, 0.5) is 4.39 Å². The molecule has 0 aliphatic heterocycles. The van der Waals surface area contributed by atoms with Gasteiger partial charge in [-0.15, -0.1) is 0 Å². The molecular weight excluding hydrogens is 335 g/mol. The van der Waals surface area contributed by atoms with Crippen molar-refractivity contribution >= 4 is 27.0 Å². The number of aromatic nitrogens is 2. The van der Waals surface area contributed by atoms with Crippen molar-refractivity contribution in [2.45, 2.75) is 12.6 Å². The highest BCUT2D eigenvalue weighted by Gasteiger charge is 2.16. The van der Waals surface area contributed by atoms with Crippen LogP contribution in [-0.4, -0.2) is 9.55 Å². The van der Waals surface area contributed by atoms with E-state index in [-0.39, 0.29) is 11.9 Å². The van der Waals surface area contributed by atoms with E-state index in [1.54, 1.807) is 18.5 Å². The zero-order valence-electron chi connectivity index (χ0n) is 11.1. The molecule has 2 aromatic carbocycles. The van der Waals surface area contributed by atoms with E-state index in [0.29, 0.717) is 12.1 Å². The van der Waals surface area contributed by atoms with E-state index in [4.69, 9.17) is 5.84 Å². The maximum atomic E-state index is 14.0. The summed E-state index contributed by atoms with van der Waals surface area (Å²) in [6.07, 6.45) is 1.74. The molecule has 0 aliphatic carbocycles. The lowest BCUT2D eigenvalue weighted by Gasteiger charge is -2.18. The number of para-hydroxylation sites is 2. The van der Waals surface area contributed by atoms with Crippen molar-refractivity contribution in [3.63, 3.8) is 0 Å². The third-order valence-corrected chi connectivity index (χ3v) is 3.93. The Morgan fingerprint density at radius 3 is 2.90 bits per heavy atom. The fourth-order valence-electron chi connectivity index (χ4n) is 2.37. The Bertz CT molecular complexity index is 771. The lowest BCUT2D eigenvalue weighted by atomic mass is 10.1. The molecule has 0 saturated carbocycles. The molecule has 3 rings (SSSR count). The van der Waals surface area contributed by atoms with Crippen molar-refractivity contribution in [3.05, 3.63) is 64.6 Å². The molecule has 4 nitrogen and oxygen atoms in total. The van der Waals surface area contributed by atoms with Gasteiger partial charge in [0, 0.05) is 16.6 Å². The zero-order chi connectivity index (χ0) is 14.8. The molecule has 0 amide bonds. The molecule has 3 N–H and O–H groups in total. The Hall–Kier alpha value is -1.76. The molecule has 1 heterocycles. The van der Waals surface area contributed by atoms with Gasteiger partial charge in [-0.2, -0.15) is 0 Å². The van der Waals surface area contributed by atoms with Crippen LogP contribution in [0, 0.1) is 5.82 Å². The van der Waals surface area contributed by atoms with Gasteiger partial charge in [-0.25, -0.2) is 9.37 Å². The third-order valence-electron chi connectivity index (χ3n) is 3.44. The highest BCUT2D eigenvalue weighted by molar-refractivity contribution is 9.10. The summed E-state index contributed by atoms with van der Waals surface area (Å²) in [5, 5.41) is 0. The van der Waals surface area contributed by atoms with Gasteiger partial charge in [-0.3, -0.25) is 11.3 Å². The Kier molecular flexibility index (Phi) is 4.01. The Morgan fingerprint density at radius 2 is 2.10 bits per heavy atom. The number of hydrazine groups is 1. The number of halogens is 2. The molecule has 0 saturated heterocycles. The first-order valence-electron chi connectivity index (χ1n) is 6.50. The minimum atomic E-state index is -0.347. The van der Waals surface area contributed by atoms with Crippen LogP contribution in [0.15, 0.2) is 53.3 Å². The topological polar surface area (TPSA) is 55.9 Å². The van der Waals surface area contributed by atoms with Crippen LogP contribution in [-0.2, 0) is 6.54 Å². The van der Waals surface area contributed by atoms with Crippen LogP contribution in [0.3, 0.4) is 0 Å². The molecule has 0 bridgehead atoms. The van der Waals surface area contributed by atoms with Crippen molar-refractivity contribution in [2.75, 3.05) is 0 Å². The lowest BCUT2D eigenvalue weighted by molar-refractivity contribution is 0.458. The van der Waals surface area contributed by atoms with E-state index in [0.717, 1.165) is 15.5 Å². The van der Waals surface area contributed by atoms with E-state index < -0.39 is 0 Å². The molecule has 0 aliphatic rings. The average molecular weight is 349 g/mol. The fourth-order valence-corrected chi connectivity index (χ4v) is 2.75. The first-order valence-corrected chi connectivity index (χ1v) is 7.29. The molecule has 6 heteroatoms. The number of hydrogen-bond donors (Lipinski definition) is 2. The second kappa shape index (κ2) is 5.93. The Morgan fingerprint density at radius 1 is 1.29 bits per heavy atom. The number of nitrogens with one attached hydrogen (secondary N) is 1. The lowest BCUT2D eigenvalue weighted by Crippen LogP contribution is -2.31. The highest BCUT2D eigenvalue weighted by atomic mass is 79.9. The predicted octanol–water partition coefficient (Wildman–Crippen LogP) is 3.14. The molecule has 108 valence electrons. The van der Waals surface area contributed by atoms with Crippen molar-refractivity contribution < 1.29 is 4.39 Å². The fraction of sp³-hybridized carbons (Fsp3) is 0.133. The SMILES string of the molecule is NNC(Cn1cnc2ccccc21)c1cc(Br)ccc1F. The molecule has 1 aromatic heterocycles. The predicted molar refractivity (Wildman–Crippen MR) is 83.9 cm³/mol. The zero-order valence-corrected chi connectivity index (χ0v) is 12.7. The van der Waals surface area contributed by atoms with E-state index in [9.17, 15) is 4.39 Å². The summed E-state index contributed by atoms with van der Waals surface area (Å²) < 4.78 is 16.8. The van der Waals surface area contributed by atoms with E-state index in [1.165, 1.54) is 6.07 Å². The number of hydrogen-bond acceptors (Lipinski definition) is 3. The van der Waals surface area contributed by atoms with Crippen LogP contribution >= 0.6 is 15.9 Å². The minimum absolute atomic E-state index is 0.287. The summed E-state index contributed by atoms with van der Waals surface area (Å²) in [4.78, 5) is 4.33. The van der Waals surface area contributed by atoms with Crippen molar-refractivity contribution in [3.8, 4) is 0 Å². The maximum Gasteiger partial charge on any atom is 0.128 e. The molecule has 0 radical (unpaired) electrons. The monoisotopic (exact) mass is 348 g/mol. The number of nitrogens with two attached hydrogens (primary N) is 1. The molecule has 21 heavy (non-hydrogen) atoms. The van der Waals surface area contributed by atoms with Crippen molar-refractivity contribution in [1.29, 1.82) is 0 Å². The summed E-state index contributed by atoms with van der Waals surface area (Å²) in [7, 11) is 0. The van der Waals surface area contributed by atoms with Gasteiger partial charge >= 0.3 is 0 Å². The molecule has 1 atom stereocenters. The molecule has 0 spiro atoms. The smallest absolute Gasteiger partial charge is 0.128 e. The van der Waals surface area contributed by atoms with E-state index >= 15 is 0 Å². The van der Waals surface area contributed by atoms with Crippen LogP contribution in [0.25, 0.3) is 11.0 Å². The number of fused-ring (bicyclic) bond motifs is 1. The molecule has 1 unspecified atom stereocenters. The van der Waals surface area contributed by atoms with Crippen molar-refractivity contribution in [2.24, 2.45) is 5.84 Å². The van der Waals surface area contributed by atoms with Gasteiger partial charge in [0.15, 0.2) is 0 Å². The van der Waals surface area contributed by atoms with Gasteiger partial charge in [0.25, 0.3) is 0 Å².